The summed E-state index contributed by atoms with van der Waals surface area (Å²) in [6.45, 7) is 6.17. The number of hydrogen-bond donors (Lipinski definition) is 0. The summed E-state index contributed by atoms with van der Waals surface area (Å²) >= 11 is 9.55. The smallest absolute Gasteiger partial charge is 0.363 e. The van der Waals surface area contributed by atoms with E-state index in [4.69, 9.17) is 25.8 Å². The van der Waals surface area contributed by atoms with Crippen LogP contribution >= 0.6 is 27.5 Å². The first-order valence-corrected chi connectivity index (χ1v) is 10.2. The molecule has 0 aliphatic carbocycles. The third-order valence-electron chi connectivity index (χ3n) is 3.99. The molecule has 0 amide bonds. The Morgan fingerprint density at radius 3 is 2.77 bits per heavy atom. The van der Waals surface area contributed by atoms with Gasteiger partial charge in [0, 0.05) is 12.1 Å². The fourth-order valence-corrected chi connectivity index (χ4v) is 3.46. The summed E-state index contributed by atoms with van der Waals surface area (Å²) in [5.74, 6) is 0.159. The van der Waals surface area contributed by atoms with E-state index in [-0.39, 0.29) is 27.9 Å². The van der Waals surface area contributed by atoms with E-state index in [2.05, 4.69) is 27.5 Å². The van der Waals surface area contributed by atoms with Gasteiger partial charge in [-0.05, 0) is 52.7 Å². The number of carbonyl (C=O) groups is 1. The van der Waals surface area contributed by atoms with E-state index in [1.807, 2.05) is 6.92 Å². The topological polar surface area (TPSA) is 100 Å². The highest BCUT2D eigenvalue weighted by molar-refractivity contribution is 9.10. The molecule has 0 unspecified atom stereocenters. The molecular formula is C21H16BrClN2O6. The van der Waals surface area contributed by atoms with Crippen molar-refractivity contribution in [2.45, 2.75) is 6.92 Å². The molecule has 0 atom stereocenters. The van der Waals surface area contributed by atoms with Crippen molar-refractivity contribution in [1.29, 1.82) is 0 Å². The van der Waals surface area contributed by atoms with Crippen molar-refractivity contribution in [2.75, 3.05) is 13.2 Å². The molecule has 1 aliphatic rings. The van der Waals surface area contributed by atoms with Crippen molar-refractivity contribution >= 4 is 51.2 Å². The van der Waals surface area contributed by atoms with Crippen LogP contribution in [0.4, 0.5) is 5.69 Å². The fraction of sp³-hybridized carbons (Fsp3) is 0.143. The first-order valence-electron chi connectivity index (χ1n) is 9.01. The summed E-state index contributed by atoms with van der Waals surface area (Å²) in [7, 11) is 0. The molecule has 2 aromatic carbocycles. The third-order valence-corrected chi connectivity index (χ3v) is 4.91. The maximum absolute atomic E-state index is 12.3. The molecule has 0 radical (unpaired) electrons. The van der Waals surface area contributed by atoms with E-state index in [1.54, 1.807) is 18.2 Å². The summed E-state index contributed by atoms with van der Waals surface area (Å²) < 4.78 is 17.1. The van der Waals surface area contributed by atoms with Gasteiger partial charge < -0.3 is 14.2 Å². The number of esters is 1. The molecule has 31 heavy (non-hydrogen) atoms. The fourth-order valence-electron chi connectivity index (χ4n) is 2.69. The van der Waals surface area contributed by atoms with E-state index >= 15 is 0 Å². The first-order chi connectivity index (χ1) is 14.8. The second-order valence-corrected chi connectivity index (χ2v) is 7.38. The van der Waals surface area contributed by atoms with Crippen molar-refractivity contribution in [1.82, 2.24) is 0 Å². The molecule has 0 N–H and O–H groups in total. The first kappa shape index (κ1) is 22.5. The molecule has 0 aromatic heterocycles. The molecule has 1 aliphatic heterocycles. The van der Waals surface area contributed by atoms with E-state index in [0.717, 1.165) is 0 Å². The molecule has 8 nitrogen and oxygen atoms in total. The maximum Gasteiger partial charge on any atom is 0.363 e. The molecule has 2 aromatic rings. The summed E-state index contributed by atoms with van der Waals surface area (Å²) in [4.78, 5) is 27.0. The SMILES string of the molecule is C=CCOc1c(Br)cc(C=C2N=C(c3cc([N+](=O)[O-])ccc3Cl)OC2=O)cc1OCC. The average molecular weight is 508 g/mol. The highest BCUT2D eigenvalue weighted by Crippen LogP contribution is 2.38. The Morgan fingerprint density at radius 2 is 2.10 bits per heavy atom. The highest BCUT2D eigenvalue weighted by atomic mass is 79.9. The van der Waals surface area contributed by atoms with Crippen LogP contribution in [0.2, 0.25) is 5.02 Å². The van der Waals surface area contributed by atoms with Gasteiger partial charge in [-0.15, -0.1) is 0 Å². The molecule has 3 rings (SSSR count). The minimum atomic E-state index is -0.710. The molecule has 1 heterocycles. The lowest BCUT2D eigenvalue weighted by atomic mass is 10.1. The van der Waals surface area contributed by atoms with Crippen LogP contribution in [0.3, 0.4) is 0 Å². The minimum absolute atomic E-state index is 0.00619. The van der Waals surface area contributed by atoms with Crippen molar-refractivity contribution in [3.05, 3.63) is 79.4 Å². The Kier molecular flexibility index (Phi) is 7.09. The minimum Gasteiger partial charge on any atom is -0.490 e. The zero-order chi connectivity index (χ0) is 22.5. The number of ether oxygens (including phenoxy) is 3. The Hall–Kier alpha value is -3.17. The van der Waals surface area contributed by atoms with E-state index in [0.29, 0.717) is 34.7 Å². The zero-order valence-corrected chi connectivity index (χ0v) is 18.6. The summed E-state index contributed by atoms with van der Waals surface area (Å²) in [6.07, 6.45) is 3.12. The average Bonchev–Trinajstić information content (AvgIpc) is 3.08. The summed E-state index contributed by atoms with van der Waals surface area (Å²) in [6, 6.07) is 7.23. The largest absolute Gasteiger partial charge is 0.490 e. The highest BCUT2D eigenvalue weighted by Gasteiger charge is 2.27. The quantitative estimate of drug-likeness (QED) is 0.158. The molecule has 0 saturated carbocycles. The van der Waals surface area contributed by atoms with Gasteiger partial charge in [-0.1, -0.05) is 24.3 Å². The van der Waals surface area contributed by atoms with Gasteiger partial charge in [-0.25, -0.2) is 9.79 Å². The van der Waals surface area contributed by atoms with Gasteiger partial charge in [0.05, 0.1) is 26.6 Å². The third kappa shape index (κ3) is 5.12. The van der Waals surface area contributed by atoms with Crippen molar-refractivity contribution in [3.63, 3.8) is 0 Å². The van der Waals surface area contributed by atoms with Gasteiger partial charge in [0.2, 0.25) is 5.90 Å². The lowest BCUT2D eigenvalue weighted by molar-refractivity contribution is -0.384. The molecule has 0 bridgehead atoms. The van der Waals surface area contributed by atoms with Gasteiger partial charge in [0.25, 0.3) is 5.69 Å². The van der Waals surface area contributed by atoms with Gasteiger partial charge in [0.15, 0.2) is 17.2 Å². The number of nitrogens with zero attached hydrogens (tertiary/aromatic N) is 2. The van der Waals surface area contributed by atoms with Crippen LogP contribution < -0.4 is 9.47 Å². The standard InChI is InChI=1S/C21H16BrClN2O6/c1-3-7-30-19-15(22)8-12(10-18(19)29-4-2)9-17-21(26)31-20(24-17)14-11-13(25(27)28)5-6-16(14)23/h3,5-6,8-11H,1,4,7H2,2H3. The van der Waals surface area contributed by atoms with Crippen LogP contribution in [0.1, 0.15) is 18.1 Å². The molecular weight excluding hydrogens is 492 g/mol. The number of cyclic esters (lactones) is 1. The Labute approximate surface area is 191 Å². The number of nitro benzene ring substituents is 1. The zero-order valence-electron chi connectivity index (χ0n) is 16.3. The number of nitro groups is 1. The molecule has 0 fully saturated rings. The van der Waals surface area contributed by atoms with E-state index in [1.165, 1.54) is 24.3 Å². The van der Waals surface area contributed by atoms with Gasteiger partial charge in [0.1, 0.15) is 6.61 Å². The number of aliphatic imine (C=N–C) groups is 1. The number of benzene rings is 2. The second-order valence-electron chi connectivity index (χ2n) is 6.12. The monoisotopic (exact) mass is 506 g/mol. The second kappa shape index (κ2) is 9.76. The van der Waals surface area contributed by atoms with Gasteiger partial charge >= 0.3 is 5.97 Å². The van der Waals surface area contributed by atoms with Crippen LogP contribution in [-0.4, -0.2) is 30.0 Å². The van der Waals surface area contributed by atoms with Crippen molar-refractivity contribution < 1.29 is 23.9 Å². The summed E-state index contributed by atoms with van der Waals surface area (Å²) in [5.41, 5.74) is 0.558. The number of non-ortho nitro benzene ring substituents is 1. The Bertz CT molecular complexity index is 1130. The van der Waals surface area contributed by atoms with Crippen LogP contribution in [-0.2, 0) is 9.53 Å². The van der Waals surface area contributed by atoms with Crippen LogP contribution in [0.15, 0.2) is 58.1 Å². The van der Waals surface area contributed by atoms with Crippen LogP contribution in [0, 0.1) is 10.1 Å². The summed E-state index contributed by atoms with van der Waals surface area (Å²) in [5, 5.41) is 11.2. The lowest BCUT2D eigenvalue weighted by Gasteiger charge is -2.13. The number of rotatable bonds is 8. The normalized spacial score (nSPS) is 14.2. The Balaban J connectivity index is 1.99. The van der Waals surface area contributed by atoms with Gasteiger partial charge in [-0.2, -0.15) is 0 Å². The molecule has 0 spiro atoms. The van der Waals surface area contributed by atoms with E-state index in [9.17, 15) is 14.9 Å². The lowest BCUT2D eigenvalue weighted by Crippen LogP contribution is -2.06. The molecule has 160 valence electrons. The van der Waals surface area contributed by atoms with Crippen LogP contribution in [0.25, 0.3) is 6.08 Å². The molecule has 0 saturated heterocycles. The number of hydrogen-bond acceptors (Lipinski definition) is 7. The van der Waals surface area contributed by atoms with Crippen LogP contribution in [0.5, 0.6) is 11.5 Å². The van der Waals surface area contributed by atoms with E-state index < -0.39 is 10.9 Å². The van der Waals surface area contributed by atoms with Crippen molar-refractivity contribution in [3.8, 4) is 11.5 Å². The number of halogens is 2. The Morgan fingerprint density at radius 1 is 1.32 bits per heavy atom. The van der Waals surface area contributed by atoms with Crippen molar-refractivity contribution in [2.24, 2.45) is 4.99 Å². The maximum atomic E-state index is 12.3. The van der Waals surface area contributed by atoms with Gasteiger partial charge in [-0.3, -0.25) is 10.1 Å². The predicted molar refractivity (Wildman–Crippen MR) is 120 cm³/mol. The predicted octanol–water partition coefficient (Wildman–Crippen LogP) is 5.32. The number of carbonyl (C=O) groups excluding carboxylic acids is 1. The molecule has 10 heteroatoms.